The number of hydrogen-bond donors (Lipinski definition) is 1. The highest BCUT2D eigenvalue weighted by Crippen LogP contribution is 2.30. The monoisotopic (exact) mass is 254 g/mol. The fourth-order valence-corrected chi connectivity index (χ4v) is 1.98. The Morgan fingerprint density at radius 2 is 2.06 bits per heavy atom. The summed E-state index contributed by atoms with van der Waals surface area (Å²) in [5, 5.41) is 3.77. The minimum absolute atomic E-state index is 0.104. The van der Waals surface area contributed by atoms with Crippen molar-refractivity contribution in [2.75, 3.05) is 13.5 Å². The van der Waals surface area contributed by atoms with Gasteiger partial charge in [0.1, 0.15) is 5.75 Å². The molecule has 0 saturated carbocycles. The molecular formula is C14H15F2NO. The van der Waals surface area contributed by atoms with Gasteiger partial charge in [-0.15, -0.1) is 0 Å². The largest absolute Gasteiger partial charge is 0.434 e. The Labute approximate surface area is 109 Å². The lowest BCUT2D eigenvalue weighted by molar-refractivity contribution is -0.0488. The van der Waals surface area contributed by atoms with Gasteiger partial charge in [-0.2, -0.15) is 8.78 Å². The van der Waals surface area contributed by atoms with Crippen LogP contribution in [0.5, 0.6) is 5.75 Å². The zero-order chi connectivity index (χ0) is 15.5. The van der Waals surface area contributed by atoms with Gasteiger partial charge in [0.2, 0.25) is 0 Å². The van der Waals surface area contributed by atoms with Crippen LogP contribution in [-0.2, 0) is 6.42 Å². The molecule has 0 unspecified atom stereocenters. The van der Waals surface area contributed by atoms with E-state index in [-0.39, 0.29) is 12.3 Å². The van der Waals surface area contributed by atoms with Crippen LogP contribution in [0.4, 0.5) is 8.78 Å². The number of rotatable bonds is 5. The van der Waals surface area contributed by atoms with Crippen molar-refractivity contribution in [3.05, 3.63) is 42.0 Å². The first-order chi connectivity index (χ1) is 9.87. The van der Waals surface area contributed by atoms with Crippen LogP contribution >= 0.6 is 0 Å². The Bertz CT molecular complexity index is 611. The lowest BCUT2D eigenvalue weighted by Crippen LogP contribution is -2.11. The maximum absolute atomic E-state index is 12.5. The van der Waals surface area contributed by atoms with Gasteiger partial charge in [0.25, 0.3) is 0 Å². The number of hydrogen-bond acceptors (Lipinski definition) is 2. The number of nitrogens with one attached hydrogen (secondary N) is 1. The average Bonchev–Trinajstić information content (AvgIpc) is 2.37. The summed E-state index contributed by atoms with van der Waals surface area (Å²) in [6, 6.07) is 10.3. The van der Waals surface area contributed by atoms with E-state index in [0.717, 1.165) is 10.9 Å². The SMILES string of the molecule is [2H]C([2H])([2H])NCCc1cccc2cccc(OC(F)F)c12. The molecule has 18 heavy (non-hydrogen) atoms. The van der Waals surface area contributed by atoms with Crippen molar-refractivity contribution in [1.82, 2.24) is 5.32 Å². The lowest BCUT2D eigenvalue weighted by atomic mass is 10.0. The Balaban J connectivity index is 2.30. The van der Waals surface area contributed by atoms with Crippen molar-refractivity contribution in [1.29, 1.82) is 0 Å². The van der Waals surface area contributed by atoms with Crippen molar-refractivity contribution < 1.29 is 17.6 Å². The third kappa shape index (κ3) is 2.76. The van der Waals surface area contributed by atoms with Crippen LogP contribution in [0.3, 0.4) is 0 Å². The molecule has 0 aromatic heterocycles. The predicted molar refractivity (Wildman–Crippen MR) is 68.2 cm³/mol. The van der Waals surface area contributed by atoms with Crippen LogP contribution < -0.4 is 10.1 Å². The number of fused-ring (bicyclic) bond motifs is 1. The molecule has 0 fully saturated rings. The second-order valence-electron chi connectivity index (χ2n) is 3.83. The van der Waals surface area contributed by atoms with E-state index in [0.29, 0.717) is 11.8 Å². The number of ether oxygens (including phenoxy) is 1. The summed E-state index contributed by atoms with van der Waals surface area (Å²) >= 11 is 0. The van der Waals surface area contributed by atoms with Crippen LogP contribution in [0.2, 0.25) is 0 Å². The van der Waals surface area contributed by atoms with Crippen molar-refractivity contribution in [3.63, 3.8) is 0 Å². The van der Waals surface area contributed by atoms with Crippen LogP contribution in [0.1, 0.15) is 9.68 Å². The van der Waals surface area contributed by atoms with Crippen molar-refractivity contribution in [2.45, 2.75) is 13.0 Å². The Hall–Kier alpha value is -1.68. The third-order valence-electron chi connectivity index (χ3n) is 2.69. The Morgan fingerprint density at radius 3 is 2.78 bits per heavy atom. The average molecular weight is 254 g/mol. The molecule has 0 heterocycles. The molecule has 0 saturated heterocycles. The minimum Gasteiger partial charge on any atom is -0.434 e. The molecule has 0 spiro atoms. The summed E-state index contributed by atoms with van der Waals surface area (Å²) < 4.78 is 50.8. The molecule has 4 heteroatoms. The van der Waals surface area contributed by atoms with E-state index in [2.05, 4.69) is 10.1 Å². The van der Waals surface area contributed by atoms with Crippen LogP contribution in [-0.4, -0.2) is 20.1 Å². The summed E-state index contributed by atoms with van der Waals surface area (Å²) in [6.07, 6.45) is 0.402. The van der Waals surface area contributed by atoms with Gasteiger partial charge in [-0.05, 0) is 37.0 Å². The maximum atomic E-state index is 12.5. The molecule has 0 aliphatic rings. The van der Waals surface area contributed by atoms with Crippen LogP contribution in [0.25, 0.3) is 10.8 Å². The summed E-state index contributed by atoms with van der Waals surface area (Å²) in [7, 11) is 0. The normalized spacial score (nSPS) is 14.3. The van der Waals surface area contributed by atoms with Gasteiger partial charge in [-0.1, -0.05) is 30.3 Å². The van der Waals surface area contributed by atoms with Gasteiger partial charge in [0.05, 0.1) is 0 Å². The lowest BCUT2D eigenvalue weighted by Gasteiger charge is -2.12. The first-order valence-corrected chi connectivity index (χ1v) is 5.57. The Kier molecular flexibility index (Phi) is 2.98. The van der Waals surface area contributed by atoms with Gasteiger partial charge < -0.3 is 10.1 Å². The molecule has 2 aromatic rings. The van der Waals surface area contributed by atoms with Gasteiger partial charge >= 0.3 is 6.61 Å². The minimum atomic E-state index is -2.90. The third-order valence-corrected chi connectivity index (χ3v) is 2.69. The molecule has 0 amide bonds. The first-order valence-electron chi connectivity index (χ1n) is 7.07. The highest BCUT2D eigenvalue weighted by Gasteiger charge is 2.11. The number of benzene rings is 2. The van der Waals surface area contributed by atoms with Gasteiger partial charge in [-0.3, -0.25) is 0 Å². The molecule has 2 nitrogen and oxygen atoms in total. The van der Waals surface area contributed by atoms with E-state index in [1.165, 1.54) is 6.07 Å². The van der Waals surface area contributed by atoms with Crippen molar-refractivity contribution in [3.8, 4) is 5.75 Å². The smallest absolute Gasteiger partial charge is 0.387 e. The second kappa shape index (κ2) is 5.78. The Morgan fingerprint density at radius 1 is 1.28 bits per heavy atom. The van der Waals surface area contributed by atoms with Crippen LogP contribution in [0.15, 0.2) is 36.4 Å². The van der Waals surface area contributed by atoms with E-state index in [1.54, 1.807) is 30.3 Å². The molecule has 0 atom stereocenters. The summed E-state index contributed by atoms with van der Waals surface area (Å²) in [6.45, 7) is -4.89. The molecule has 0 radical (unpaired) electrons. The number of likely N-dealkylation sites (N-methyl/N-ethyl adjacent to an activating group) is 1. The van der Waals surface area contributed by atoms with Gasteiger partial charge in [-0.25, -0.2) is 0 Å². The van der Waals surface area contributed by atoms with E-state index < -0.39 is 13.6 Å². The molecule has 0 aliphatic carbocycles. The second-order valence-corrected chi connectivity index (χ2v) is 3.83. The van der Waals surface area contributed by atoms with E-state index in [9.17, 15) is 8.78 Å². The molecule has 0 bridgehead atoms. The van der Waals surface area contributed by atoms with Crippen molar-refractivity contribution in [2.24, 2.45) is 0 Å². The summed E-state index contributed by atoms with van der Waals surface area (Å²) in [5.74, 6) is 0.104. The number of alkyl halides is 2. The van der Waals surface area contributed by atoms with E-state index in [1.807, 2.05) is 0 Å². The highest BCUT2D eigenvalue weighted by atomic mass is 19.3. The van der Waals surface area contributed by atoms with E-state index in [4.69, 9.17) is 4.11 Å². The first kappa shape index (κ1) is 9.28. The molecule has 1 N–H and O–H groups in total. The standard InChI is InChI=1S/C14H15F2NO/c1-17-9-8-11-5-2-4-10-6-3-7-12(13(10)11)18-14(15)16/h2-7,14,17H,8-9H2,1H3/i1D3. The van der Waals surface area contributed by atoms with Gasteiger partial charge in [0, 0.05) is 9.50 Å². The summed E-state index contributed by atoms with van der Waals surface area (Å²) in [4.78, 5) is 0. The summed E-state index contributed by atoms with van der Waals surface area (Å²) in [5.41, 5.74) is 0.764. The predicted octanol–water partition coefficient (Wildman–Crippen LogP) is 3.20. The fraction of sp³-hybridized carbons (Fsp3) is 0.286. The zero-order valence-corrected chi connectivity index (χ0v) is 9.62. The zero-order valence-electron chi connectivity index (χ0n) is 12.6. The van der Waals surface area contributed by atoms with Crippen LogP contribution in [0, 0.1) is 0 Å². The quantitative estimate of drug-likeness (QED) is 0.884. The molecule has 2 aromatic carbocycles. The van der Waals surface area contributed by atoms with Crippen molar-refractivity contribution >= 4 is 10.8 Å². The maximum Gasteiger partial charge on any atom is 0.387 e. The highest BCUT2D eigenvalue weighted by molar-refractivity contribution is 5.91. The molecule has 96 valence electrons. The topological polar surface area (TPSA) is 21.3 Å². The molecule has 2 rings (SSSR count). The molecule has 0 aliphatic heterocycles. The van der Waals surface area contributed by atoms with E-state index >= 15 is 0 Å². The molecular weight excluding hydrogens is 236 g/mol. The van der Waals surface area contributed by atoms with Gasteiger partial charge in [0.15, 0.2) is 0 Å². The fourth-order valence-electron chi connectivity index (χ4n) is 1.98. The number of halogens is 2.